The van der Waals surface area contributed by atoms with Crippen LogP contribution in [0.1, 0.15) is 52.5 Å². The van der Waals surface area contributed by atoms with Crippen LogP contribution in [0.4, 0.5) is 4.39 Å². The quantitative estimate of drug-likeness (QED) is 0.306. The van der Waals surface area contributed by atoms with Crippen LogP contribution in [0.3, 0.4) is 0 Å². The van der Waals surface area contributed by atoms with E-state index in [-0.39, 0.29) is 16.9 Å². The summed E-state index contributed by atoms with van der Waals surface area (Å²) in [5.74, 6) is -0.915. The SMILES string of the molecule is CC1(c2ccc(Cl)cc2F)Oc2ccccc2C(C2CCN(Cc3nc4sc(C(=O)O)cc4[nH]3)CC2)O1. The molecule has 0 bridgehead atoms. The number of carboxylic acids is 1. The number of ether oxygens (including phenoxy) is 2. The van der Waals surface area contributed by atoms with Crippen LogP contribution in [0.15, 0.2) is 48.5 Å². The molecule has 1 fully saturated rings. The normalized spacial score (nSPS) is 22.6. The number of fused-ring (bicyclic) bond motifs is 2. The molecular formula is C27H25ClFN3O4S. The number of aromatic nitrogens is 2. The standard InChI is InChI=1S/C27H25ClFN3O4S/c1-27(18-7-6-16(28)12-19(18)29)35-21-5-3-2-4-17(21)24(36-27)15-8-10-32(11-9-15)14-23-30-20-13-22(26(33)34)37-25(20)31-23/h2-7,12-13,15,24H,8-11,14H2,1H3,(H,30,31)(H,33,34). The topological polar surface area (TPSA) is 87.7 Å². The van der Waals surface area contributed by atoms with Gasteiger partial charge in [-0.25, -0.2) is 14.2 Å². The third-order valence-electron chi connectivity index (χ3n) is 7.17. The molecule has 10 heteroatoms. The number of carbonyl (C=O) groups is 1. The third-order valence-corrected chi connectivity index (χ3v) is 8.43. The molecule has 4 aromatic rings. The highest BCUT2D eigenvalue weighted by molar-refractivity contribution is 7.20. The number of benzene rings is 2. The number of imidazole rings is 1. The lowest BCUT2D eigenvalue weighted by molar-refractivity contribution is -0.243. The van der Waals surface area contributed by atoms with Crippen LogP contribution < -0.4 is 4.74 Å². The van der Waals surface area contributed by atoms with E-state index in [0.717, 1.165) is 42.8 Å². The number of rotatable bonds is 5. The van der Waals surface area contributed by atoms with E-state index >= 15 is 0 Å². The van der Waals surface area contributed by atoms with Gasteiger partial charge in [0.15, 0.2) is 0 Å². The zero-order chi connectivity index (χ0) is 25.7. The fourth-order valence-electron chi connectivity index (χ4n) is 5.34. The number of hydrogen-bond acceptors (Lipinski definition) is 6. The Morgan fingerprint density at radius 1 is 1.27 bits per heavy atom. The zero-order valence-electron chi connectivity index (χ0n) is 20.0. The summed E-state index contributed by atoms with van der Waals surface area (Å²) in [6.07, 6.45) is 1.56. The Bertz CT molecular complexity index is 1450. The van der Waals surface area contributed by atoms with Gasteiger partial charge in [0.1, 0.15) is 27.1 Å². The van der Waals surface area contributed by atoms with Crippen molar-refractivity contribution in [1.29, 1.82) is 0 Å². The summed E-state index contributed by atoms with van der Waals surface area (Å²) < 4.78 is 27.7. The van der Waals surface area contributed by atoms with E-state index in [9.17, 15) is 9.18 Å². The fraction of sp³-hybridized carbons (Fsp3) is 0.333. The molecule has 2 aliphatic heterocycles. The minimum absolute atomic E-state index is 0.231. The average Bonchev–Trinajstić information content (AvgIpc) is 3.43. The summed E-state index contributed by atoms with van der Waals surface area (Å²) in [6, 6.07) is 14.0. The van der Waals surface area contributed by atoms with Gasteiger partial charge in [0.2, 0.25) is 5.79 Å². The second-order valence-corrected chi connectivity index (χ2v) is 11.1. The molecule has 0 saturated carbocycles. The minimum atomic E-state index is -1.28. The van der Waals surface area contributed by atoms with E-state index in [1.54, 1.807) is 25.1 Å². The number of hydrogen-bond donors (Lipinski definition) is 2. The van der Waals surface area contributed by atoms with Gasteiger partial charge < -0.3 is 19.6 Å². The number of para-hydroxylation sites is 1. The van der Waals surface area contributed by atoms with Crippen LogP contribution in [-0.4, -0.2) is 39.0 Å². The summed E-state index contributed by atoms with van der Waals surface area (Å²) in [4.78, 5) is 22.3. The minimum Gasteiger partial charge on any atom is -0.477 e. The van der Waals surface area contributed by atoms with Crippen molar-refractivity contribution in [1.82, 2.24) is 14.9 Å². The molecule has 2 unspecified atom stereocenters. The molecule has 4 heterocycles. The first-order chi connectivity index (χ1) is 17.8. The molecule has 0 radical (unpaired) electrons. The van der Waals surface area contributed by atoms with Gasteiger partial charge in [0.05, 0.1) is 23.7 Å². The van der Waals surface area contributed by atoms with Crippen molar-refractivity contribution in [3.8, 4) is 5.75 Å². The van der Waals surface area contributed by atoms with Crippen molar-refractivity contribution in [2.24, 2.45) is 5.92 Å². The molecule has 37 heavy (non-hydrogen) atoms. The van der Waals surface area contributed by atoms with E-state index in [0.29, 0.717) is 27.7 Å². The molecule has 2 atom stereocenters. The molecule has 0 amide bonds. The second-order valence-electron chi connectivity index (χ2n) is 9.68. The predicted molar refractivity (Wildman–Crippen MR) is 139 cm³/mol. The summed E-state index contributed by atoms with van der Waals surface area (Å²) in [7, 11) is 0. The molecule has 2 aromatic heterocycles. The largest absolute Gasteiger partial charge is 0.477 e. The number of carboxylic acid groups (broad SMARTS) is 1. The Morgan fingerprint density at radius 3 is 2.78 bits per heavy atom. The van der Waals surface area contributed by atoms with Crippen molar-refractivity contribution in [3.05, 3.63) is 81.2 Å². The van der Waals surface area contributed by atoms with E-state index in [4.69, 9.17) is 26.2 Å². The smallest absolute Gasteiger partial charge is 0.346 e. The highest BCUT2D eigenvalue weighted by atomic mass is 35.5. The molecule has 7 nitrogen and oxygen atoms in total. The van der Waals surface area contributed by atoms with Crippen molar-refractivity contribution < 1.29 is 23.8 Å². The number of aromatic carboxylic acids is 1. The Hall–Kier alpha value is -2.98. The van der Waals surface area contributed by atoms with Gasteiger partial charge in [-0.3, -0.25) is 4.90 Å². The molecule has 192 valence electrons. The molecule has 0 spiro atoms. The monoisotopic (exact) mass is 541 g/mol. The van der Waals surface area contributed by atoms with Gasteiger partial charge in [-0.15, -0.1) is 11.3 Å². The Balaban J connectivity index is 1.18. The van der Waals surface area contributed by atoms with Crippen molar-refractivity contribution in [3.63, 3.8) is 0 Å². The van der Waals surface area contributed by atoms with Crippen LogP contribution in [0.2, 0.25) is 5.02 Å². The number of aromatic amines is 1. The van der Waals surface area contributed by atoms with E-state index in [1.807, 2.05) is 24.3 Å². The van der Waals surface area contributed by atoms with Gasteiger partial charge in [0, 0.05) is 17.5 Å². The molecule has 6 rings (SSSR count). The summed E-state index contributed by atoms with van der Waals surface area (Å²) in [5.41, 5.74) is 2.05. The van der Waals surface area contributed by atoms with Gasteiger partial charge in [-0.2, -0.15) is 0 Å². The number of likely N-dealkylation sites (tertiary alicyclic amines) is 1. The Kier molecular flexibility index (Phi) is 6.19. The number of nitrogens with one attached hydrogen (secondary N) is 1. The Morgan fingerprint density at radius 2 is 2.05 bits per heavy atom. The van der Waals surface area contributed by atoms with Crippen molar-refractivity contribution in [2.75, 3.05) is 13.1 Å². The van der Waals surface area contributed by atoms with E-state index in [1.165, 1.54) is 17.4 Å². The number of H-pyrrole nitrogens is 1. The van der Waals surface area contributed by atoms with E-state index in [2.05, 4.69) is 14.9 Å². The molecule has 2 aliphatic rings. The molecule has 1 saturated heterocycles. The van der Waals surface area contributed by atoms with E-state index < -0.39 is 17.6 Å². The Labute approximate surface area is 221 Å². The first-order valence-electron chi connectivity index (χ1n) is 12.1. The van der Waals surface area contributed by atoms with Crippen LogP contribution in [-0.2, 0) is 17.1 Å². The summed E-state index contributed by atoms with van der Waals surface area (Å²) >= 11 is 7.16. The first-order valence-corrected chi connectivity index (χ1v) is 13.3. The lowest BCUT2D eigenvalue weighted by atomic mass is 9.85. The molecule has 2 aromatic carbocycles. The average molecular weight is 542 g/mol. The fourth-order valence-corrected chi connectivity index (χ4v) is 6.35. The zero-order valence-corrected chi connectivity index (χ0v) is 21.6. The highest BCUT2D eigenvalue weighted by Gasteiger charge is 2.44. The third kappa shape index (κ3) is 4.61. The van der Waals surface area contributed by atoms with Gasteiger partial charge in [0.25, 0.3) is 0 Å². The van der Waals surface area contributed by atoms with Crippen LogP contribution >= 0.6 is 22.9 Å². The maximum Gasteiger partial charge on any atom is 0.346 e. The molecule has 2 N–H and O–H groups in total. The molecular weight excluding hydrogens is 517 g/mol. The first kappa shape index (κ1) is 24.4. The lowest BCUT2D eigenvalue weighted by Crippen LogP contribution is -2.43. The summed E-state index contributed by atoms with van der Waals surface area (Å²) in [5, 5.41) is 9.49. The maximum absolute atomic E-state index is 14.9. The predicted octanol–water partition coefficient (Wildman–Crippen LogP) is 6.35. The van der Waals surface area contributed by atoms with Crippen LogP contribution in [0.5, 0.6) is 5.75 Å². The number of piperidine rings is 1. The maximum atomic E-state index is 14.9. The van der Waals surface area contributed by atoms with Gasteiger partial charge in [-0.05, 0) is 62.2 Å². The van der Waals surface area contributed by atoms with Crippen molar-refractivity contribution in [2.45, 2.75) is 38.2 Å². The molecule has 0 aliphatic carbocycles. The summed E-state index contributed by atoms with van der Waals surface area (Å²) in [6.45, 7) is 4.13. The number of halogens is 2. The second kappa shape index (κ2) is 9.40. The highest BCUT2D eigenvalue weighted by Crippen LogP contribution is 2.48. The van der Waals surface area contributed by atoms with Gasteiger partial charge in [-0.1, -0.05) is 29.8 Å². The van der Waals surface area contributed by atoms with Crippen LogP contribution in [0.25, 0.3) is 10.3 Å². The van der Waals surface area contributed by atoms with Crippen LogP contribution in [0, 0.1) is 11.7 Å². The number of nitrogens with zero attached hydrogens (tertiary/aromatic N) is 2. The number of thiophene rings is 1. The lowest BCUT2D eigenvalue weighted by Gasteiger charge is -2.44. The van der Waals surface area contributed by atoms with Gasteiger partial charge >= 0.3 is 5.97 Å². The van der Waals surface area contributed by atoms with Crippen molar-refractivity contribution >= 4 is 39.3 Å².